The van der Waals surface area contributed by atoms with Crippen molar-refractivity contribution in [3.63, 3.8) is 0 Å². The molecule has 0 heterocycles. The Bertz CT molecular complexity index is 401. The highest BCUT2D eigenvalue weighted by atomic mass is 16.5. The number of carbonyl (C=O) groups is 1. The number of hydrogen-bond acceptors (Lipinski definition) is 3. The van der Waals surface area contributed by atoms with Gasteiger partial charge in [-0.15, -0.1) is 0 Å². The van der Waals surface area contributed by atoms with E-state index in [1.165, 1.54) is 5.56 Å². The lowest BCUT2D eigenvalue weighted by Gasteiger charge is -2.31. The van der Waals surface area contributed by atoms with E-state index in [9.17, 15) is 4.79 Å². The summed E-state index contributed by atoms with van der Waals surface area (Å²) < 4.78 is 5.13. The molecule has 0 saturated carbocycles. The van der Waals surface area contributed by atoms with Crippen LogP contribution in [-0.4, -0.2) is 36.6 Å². The van der Waals surface area contributed by atoms with Gasteiger partial charge >= 0.3 is 5.97 Å². The highest BCUT2D eigenvalue weighted by Crippen LogP contribution is 2.24. The smallest absolute Gasteiger partial charge is 0.307 e. The minimum absolute atomic E-state index is 0.0883. The second-order valence-electron chi connectivity index (χ2n) is 5.43. The quantitative estimate of drug-likeness (QED) is 0.647. The van der Waals surface area contributed by atoms with E-state index >= 15 is 0 Å². The fourth-order valence-electron chi connectivity index (χ4n) is 2.84. The SMILES string of the molecule is CCOC(=O)CC(CC(C)c1ccccc1)N(CC)CC. The molecule has 21 heavy (non-hydrogen) atoms. The Morgan fingerprint density at radius 3 is 2.29 bits per heavy atom. The molecule has 2 atom stereocenters. The summed E-state index contributed by atoms with van der Waals surface area (Å²) in [6, 6.07) is 10.8. The molecule has 1 aromatic carbocycles. The van der Waals surface area contributed by atoms with E-state index in [1.807, 2.05) is 13.0 Å². The van der Waals surface area contributed by atoms with Gasteiger partial charge in [-0.1, -0.05) is 51.1 Å². The molecular weight excluding hydrogens is 262 g/mol. The topological polar surface area (TPSA) is 29.5 Å². The fraction of sp³-hybridized carbons (Fsp3) is 0.611. The van der Waals surface area contributed by atoms with Crippen LogP contribution in [0.5, 0.6) is 0 Å². The molecule has 0 radical (unpaired) electrons. The van der Waals surface area contributed by atoms with E-state index in [0.717, 1.165) is 19.5 Å². The molecule has 0 saturated heterocycles. The van der Waals surface area contributed by atoms with Crippen LogP contribution in [0.4, 0.5) is 0 Å². The third-order valence-electron chi connectivity index (χ3n) is 4.03. The van der Waals surface area contributed by atoms with Crippen LogP contribution in [0.1, 0.15) is 52.0 Å². The van der Waals surface area contributed by atoms with E-state index in [2.05, 4.69) is 49.9 Å². The molecule has 0 bridgehead atoms. The standard InChI is InChI=1S/C18H29NO2/c1-5-19(6-2)17(14-18(20)21-7-3)13-15(4)16-11-9-8-10-12-16/h8-12,15,17H,5-7,13-14H2,1-4H3. The van der Waals surface area contributed by atoms with Crippen LogP contribution in [0.25, 0.3) is 0 Å². The zero-order chi connectivity index (χ0) is 15.7. The number of nitrogens with zero attached hydrogens (tertiary/aromatic N) is 1. The summed E-state index contributed by atoms with van der Waals surface area (Å²) in [6.07, 6.45) is 1.46. The summed E-state index contributed by atoms with van der Waals surface area (Å²) in [5.74, 6) is 0.348. The van der Waals surface area contributed by atoms with Crippen molar-refractivity contribution < 1.29 is 9.53 Å². The molecule has 0 amide bonds. The van der Waals surface area contributed by atoms with Gasteiger partial charge in [0.15, 0.2) is 0 Å². The van der Waals surface area contributed by atoms with Crippen molar-refractivity contribution in [1.29, 1.82) is 0 Å². The molecule has 0 fully saturated rings. The third-order valence-corrected chi connectivity index (χ3v) is 4.03. The van der Waals surface area contributed by atoms with Crippen molar-refractivity contribution in [2.45, 2.75) is 52.5 Å². The van der Waals surface area contributed by atoms with Crippen LogP contribution in [0, 0.1) is 0 Å². The molecule has 0 spiro atoms. The van der Waals surface area contributed by atoms with E-state index < -0.39 is 0 Å². The van der Waals surface area contributed by atoms with Crippen molar-refractivity contribution in [1.82, 2.24) is 4.90 Å². The highest BCUT2D eigenvalue weighted by Gasteiger charge is 2.23. The number of esters is 1. The average molecular weight is 291 g/mol. The molecule has 0 aliphatic carbocycles. The second-order valence-corrected chi connectivity index (χ2v) is 5.43. The first-order chi connectivity index (χ1) is 10.1. The predicted octanol–water partition coefficient (Wildman–Crippen LogP) is 3.84. The Hall–Kier alpha value is -1.35. The lowest BCUT2D eigenvalue weighted by molar-refractivity contribution is -0.144. The monoisotopic (exact) mass is 291 g/mol. The lowest BCUT2D eigenvalue weighted by Crippen LogP contribution is -2.38. The predicted molar refractivity (Wildman–Crippen MR) is 87.4 cm³/mol. The molecular formula is C18H29NO2. The van der Waals surface area contributed by atoms with Gasteiger partial charge in [0.2, 0.25) is 0 Å². The first-order valence-electron chi connectivity index (χ1n) is 8.06. The van der Waals surface area contributed by atoms with E-state index in [4.69, 9.17) is 4.74 Å². The van der Waals surface area contributed by atoms with Crippen LogP contribution in [-0.2, 0) is 9.53 Å². The third kappa shape index (κ3) is 5.88. The van der Waals surface area contributed by atoms with Gasteiger partial charge < -0.3 is 9.64 Å². The Labute approximate surface area is 129 Å². The minimum Gasteiger partial charge on any atom is -0.466 e. The summed E-state index contributed by atoms with van der Waals surface area (Å²) >= 11 is 0. The average Bonchev–Trinajstić information content (AvgIpc) is 2.49. The molecule has 0 N–H and O–H groups in total. The summed E-state index contributed by atoms with van der Waals surface area (Å²) in [5.41, 5.74) is 1.33. The zero-order valence-corrected chi connectivity index (χ0v) is 13.8. The summed E-state index contributed by atoms with van der Waals surface area (Å²) in [4.78, 5) is 14.2. The number of hydrogen-bond donors (Lipinski definition) is 0. The fourth-order valence-corrected chi connectivity index (χ4v) is 2.84. The first kappa shape index (κ1) is 17.7. The van der Waals surface area contributed by atoms with Crippen molar-refractivity contribution in [3.8, 4) is 0 Å². The Morgan fingerprint density at radius 1 is 1.14 bits per heavy atom. The maximum atomic E-state index is 11.9. The van der Waals surface area contributed by atoms with Gasteiger partial charge in [0.25, 0.3) is 0 Å². The van der Waals surface area contributed by atoms with Crippen molar-refractivity contribution in [2.24, 2.45) is 0 Å². The lowest BCUT2D eigenvalue weighted by atomic mass is 9.92. The molecule has 0 aliphatic heterocycles. The van der Waals surface area contributed by atoms with Crippen LogP contribution in [0.2, 0.25) is 0 Å². The van der Waals surface area contributed by atoms with Crippen molar-refractivity contribution in [2.75, 3.05) is 19.7 Å². The maximum Gasteiger partial charge on any atom is 0.307 e. The summed E-state index contributed by atoms with van der Waals surface area (Å²) in [7, 11) is 0. The molecule has 3 nitrogen and oxygen atoms in total. The minimum atomic E-state index is -0.0883. The molecule has 3 heteroatoms. The number of benzene rings is 1. The van der Waals surface area contributed by atoms with Crippen LogP contribution in [0.3, 0.4) is 0 Å². The van der Waals surface area contributed by atoms with Crippen molar-refractivity contribution in [3.05, 3.63) is 35.9 Å². The van der Waals surface area contributed by atoms with Crippen LogP contribution < -0.4 is 0 Å². The normalized spacial score (nSPS) is 14.0. The van der Waals surface area contributed by atoms with Gasteiger partial charge in [0.1, 0.15) is 0 Å². The van der Waals surface area contributed by atoms with E-state index in [0.29, 0.717) is 18.9 Å². The number of ether oxygens (including phenoxy) is 1. The van der Waals surface area contributed by atoms with Gasteiger partial charge in [-0.2, -0.15) is 0 Å². The van der Waals surface area contributed by atoms with Crippen LogP contribution in [0.15, 0.2) is 30.3 Å². The van der Waals surface area contributed by atoms with Gasteiger partial charge in [-0.3, -0.25) is 4.79 Å². The van der Waals surface area contributed by atoms with Crippen LogP contribution >= 0.6 is 0 Å². The number of rotatable bonds is 9. The zero-order valence-electron chi connectivity index (χ0n) is 13.8. The molecule has 1 rings (SSSR count). The largest absolute Gasteiger partial charge is 0.466 e. The van der Waals surface area contributed by atoms with E-state index in [1.54, 1.807) is 0 Å². The van der Waals surface area contributed by atoms with Gasteiger partial charge in [0.05, 0.1) is 13.0 Å². The Kier molecular flexibility index (Phi) is 8.06. The molecule has 0 aliphatic rings. The molecule has 1 aromatic rings. The van der Waals surface area contributed by atoms with Gasteiger partial charge in [-0.05, 0) is 37.9 Å². The Morgan fingerprint density at radius 2 is 1.76 bits per heavy atom. The number of carbonyl (C=O) groups excluding carboxylic acids is 1. The molecule has 0 aromatic heterocycles. The second kappa shape index (κ2) is 9.56. The van der Waals surface area contributed by atoms with Gasteiger partial charge in [0, 0.05) is 6.04 Å². The molecule has 118 valence electrons. The van der Waals surface area contributed by atoms with Crippen molar-refractivity contribution >= 4 is 5.97 Å². The maximum absolute atomic E-state index is 11.9. The summed E-state index contributed by atoms with van der Waals surface area (Å²) in [6.45, 7) is 10.8. The highest BCUT2D eigenvalue weighted by molar-refractivity contribution is 5.70. The van der Waals surface area contributed by atoms with E-state index in [-0.39, 0.29) is 12.0 Å². The summed E-state index contributed by atoms with van der Waals surface area (Å²) in [5, 5.41) is 0. The Balaban J connectivity index is 2.74. The van der Waals surface area contributed by atoms with Gasteiger partial charge in [-0.25, -0.2) is 0 Å². The molecule has 2 unspecified atom stereocenters. The first-order valence-corrected chi connectivity index (χ1v) is 8.06.